The van der Waals surface area contributed by atoms with Crippen molar-refractivity contribution in [3.05, 3.63) is 99.0 Å². The number of rotatable bonds is 4. The number of aliphatic hydroxyl groups excluding tert-OH is 1. The fourth-order valence-corrected chi connectivity index (χ4v) is 5.46. The van der Waals surface area contributed by atoms with E-state index in [1.807, 2.05) is 55.5 Å². The summed E-state index contributed by atoms with van der Waals surface area (Å²) in [6.45, 7) is 4.03. The minimum atomic E-state index is -0.791. The first-order valence-electron chi connectivity index (χ1n) is 10.9. The number of carbonyl (C=O) groups is 2. The molecule has 1 saturated heterocycles. The molecule has 1 fully saturated rings. The number of carbonyl (C=O) groups excluding carboxylic acids is 2. The van der Waals surface area contributed by atoms with Gasteiger partial charge >= 0.3 is 5.91 Å². The Morgan fingerprint density at radius 1 is 1.06 bits per heavy atom. The van der Waals surface area contributed by atoms with Crippen LogP contribution in [0, 0.1) is 6.92 Å². The van der Waals surface area contributed by atoms with E-state index in [0.717, 1.165) is 26.7 Å². The molecule has 7 heteroatoms. The smallest absolute Gasteiger partial charge is 0.301 e. The maximum absolute atomic E-state index is 13.3. The molecule has 34 heavy (non-hydrogen) atoms. The summed E-state index contributed by atoms with van der Waals surface area (Å²) in [5, 5.41) is 11.6. The maximum atomic E-state index is 13.3. The molecule has 1 amide bonds. The topological polar surface area (TPSA) is 70.5 Å². The number of aliphatic hydroxyl groups is 1. The van der Waals surface area contributed by atoms with Crippen molar-refractivity contribution in [2.75, 3.05) is 4.90 Å². The number of ketones is 1. The summed E-state index contributed by atoms with van der Waals surface area (Å²) < 4.78 is 1.82. The van der Waals surface area contributed by atoms with Crippen molar-refractivity contribution < 1.29 is 14.7 Å². The van der Waals surface area contributed by atoms with E-state index in [1.54, 1.807) is 12.1 Å². The fraction of sp³-hybridized carbons (Fsp3) is 0.148. The van der Waals surface area contributed by atoms with E-state index in [2.05, 4.69) is 33.9 Å². The molecule has 0 unspecified atom stereocenters. The van der Waals surface area contributed by atoms with Crippen molar-refractivity contribution >= 4 is 60.1 Å². The number of fused-ring (bicyclic) bond motifs is 1. The Balaban J connectivity index is 1.71. The van der Waals surface area contributed by atoms with Gasteiger partial charge in [-0.15, -0.1) is 0 Å². The molecule has 1 aliphatic rings. The predicted molar refractivity (Wildman–Crippen MR) is 139 cm³/mol. The van der Waals surface area contributed by atoms with Crippen LogP contribution in [0.4, 0.5) is 5.13 Å². The highest BCUT2D eigenvalue weighted by Gasteiger charge is 2.48. The largest absolute Gasteiger partial charge is 0.507 e. The molecule has 2 heterocycles. The molecule has 5 nitrogen and oxygen atoms in total. The van der Waals surface area contributed by atoms with E-state index < -0.39 is 17.7 Å². The van der Waals surface area contributed by atoms with E-state index in [9.17, 15) is 14.7 Å². The van der Waals surface area contributed by atoms with Crippen LogP contribution in [-0.4, -0.2) is 21.8 Å². The lowest BCUT2D eigenvalue weighted by molar-refractivity contribution is -0.132. The van der Waals surface area contributed by atoms with Crippen LogP contribution in [0.25, 0.3) is 16.0 Å². The molecule has 0 spiro atoms. The van der Waals surface area contributed by atoms with Gasteiger partial charge in [0.25, 0.3) is 5.78 Å². The summed E-state index contributed by atoms with van der Waals surface area (Å²) in [5.41, 5.74) is 4.24. The van der Waals surface area contributed by atoms with E-state index in [1.165, 1.54) is 21.8 Å². The zero-order valence-electron chi connectivity index (χ0n) is 18.6. The highest BCUT2D eigenvalue weighted by atomic mass is 79.9. The Morgan fingerprint density at radius 3 is 2.44 bits per heavy atom. The number of hydrogen-bond donors (Lipinski definition) is 1. The molecule has 1 atom stereocenters. The van der Waals surface area contributed by atoms with Crippen LogP contribution in [0.5, 0.6) is 0 Å². The molecule has 5 rings (SSSR count). The first-order valence-corrected chi connectivity index (χ1v) is 12.5. The lowest BCUT2D eigenvalue weighted by atomic mass is 9.95. The van der Waals surface area contributed by atoms with Gasteiger partial charge in [0.1, 0.15) is 5.76 Å². The number of anilines is 1. The molecule has 0 aliphatic carbocycles. The second-order valence-electron chi connectivity index (χ2n) is 8.24. The van der Waals surface area contributed by atoms with Gasteiger partial charge in [0.05, 0.1) is 21.8 Å². The quantitative estimate of drug-likeness (QED) is 0.183. The molecule has 0 saturated carbocycles. The molecule has 0 radical (unpaired) electrons. The van der Waals surface area contributed by atoms with Crippen LogP contribution in [0.15, 0.2) is 76.8 Å². The third-order valence-corrected chi connectivity index (χ3v) is 7.56. The Hall–Kier alpha value is -3.29. The lowest BCUT2D eigenvalue weighted by Crippen LogP contribution is -2.29. The van der Waals surface area contributed by atoms with E-state index >= 15 is 0 Å². The van der Waals surface area contributed by atoms with Crippen LogP contribution < -0.4 is 4.90 Å². The number of Topliss-reactive ketones (excluding diaryl/α,β-unsaturated/α-hetero) is 1. The minimum Gasteiger partial charge on any atom is -0.507 e. The highest BCUT2D eigenvalue weighted by molar-refractivity contribution is 9.10. The van der Waals surface area contributed by atoms with Crippen LogP contribution in [0.3, 0.4) is 0 Å². The van der Waals surface area contributed by atoms with E-state index in [0.29, 0.717) is 16.3 Å². The second-order valence-corrected chi connectivity index (χ2v) is 10.2. The van der Waals surface area contributed by atoms with Crippen molar-refractivity contribution in [2.45, 2.75) is 26.3 Å². The number of nitrogens with zero attached hydrogens (tertiary/aromatic N) is 2. The number of hydrogen-bond acceptors (Lipinski definition) is 5. The van der Waals surface area contributed by atoms with Gasteiger partial charge in [-0.05, 0) is 48.7 Å². The van der Waals surface area contributed by atoms with E-state index in [-0.39, 0.29) is 11.3 Å². The van der Waals surface area contributed by atoms with Gasteiger partial charge < -0.3 is 5.11 Å². The third-order valence-electron chi connectivity index (χ3n) is 6.01. The minimum absolute atomic E-state index is 0.0599. The zero-order chi connectivity index (χ0) is 24.0. The predicted octanol–water partition coefficient (Wildman–Crippen LogP) is 6.56. The monoisotopic (exact) mass is 532 g/mol. The normalized spacial score (nSPS) is 17.6. The number of aromatic nitrogens is 1. The first kappa shape index (κ1) is 22.5. The first-order chi connectivity index (χ1) is 16.4. The van der Waals surface area contributed by atoms with Gasteiger partial charge in [-0.25, -0.2) is 4.98 Å². The molecular weight excluding hydrogens is 512 g/mol. The molecule has 170 valence electrons. The maximum Gasteiger partial charge on any atom is 0.301 e. The van der Waals surface area contributed by atoms with Crippen LogP contribution >= 0.6 is 27.3 Å². The van der Waals surface area contributed by atoms with Crippen molar-refractivity contribution in [3.63, 3.8) is 0 Å². The highest BCUT2D eigenvalue weighted by Crippen LogP contribution is 2.44. The lowest BCUT2D eigenvalue weighted by Gasteiger charge is -2.23. The van der Waals surface area contributed by atoms with Gasteiger partial charge in [-0.2, -0.15) is 0 Å². The summed E-state index contributed by atoms with van der Waals surface area (Å²) in [5.74, 6) is -1.61. The Labute approximate surface area is 209 Å². The van der Waals surface area contributed by atoms with Crippen LogP contribution in [-0.2, 0) is 16.0 Å². The van der Waals surface area contributed by atoms with E-state index in [4.69, 9.17) is 0 Å². The summed E-state index contributed by atoms with van der Waals surface area (Å²) in [7, 11) is 0. The Kier molecular flexibility index (Phi) is 5.83. The van der Waals surface area contributed by atoms with Crippen molar-refractivity contribution in [3.8, 4) is 0 Å². The van der Waals surface area contributed by atoms with Gasteiger partial charge in [0.15, 0.2) is 5.13 Å². The summed E-state index contributed by atoms with van der Waals surface area (Å²) >= 11 is 4.81. The molecule has 3 aromatic carbocycles. The summed E-state index contributed by atoms with van der Waals surface area (Å²) in [6.07, 6.45) is 0.892. The Morgan fingerprint density at radius 2 is 1.76 bits per heavy atom. The standard InChI is InChI=1S/C27H21BrN2O3S/c1-3-16-6-13-20-21(14-16)34-27(29-20)30-23(17-9-11-19(28)12-10-17)22(25(32)26(30)33)24(31)18-7-4-15(2)5-8-18/h4-14,23,31H,3H2,1-2H3/t23-/m1/s1. The molecule has 1 N–H and O–H groups in total. The van der Waals surface area contributed by atoms with Gasteiger partial charge in [0, 0.05) is 10.0 Å². The fourth-order valence-electron chi connectivity index (χ4n) is 4.14. The van der Waals surface area contributed by atoms with Gasteiger partial charge in [-0.1, -0.05) is 82.2 Å². The molecule has 1 aliphatic heterocycles. The number of aryl methyl sites for hydroxylation is 2. The number of halogens is 1. The van der Waals surface area contributed by atoms with Crippen molar-refractivity contribution in [1.29, 1.82) is 0 Å². The molecule has 1 aromatic heterocycles. The second kappa shape index (κ2) is 8.81. The van der Waals surface area contributed by atoms with Gasteiger partial charge in [-0.3, -0.25) is 14.5 Å². The average molecular weight is 533 g/mol. The van der Waals surface area contributed by atoms with Crippen LogP contribution in [0.2, 0.25) is 0 Å². The third kappa shape index (κ3) is 3.85. The molecule has 0 bridgehead atoms. The number of amides is 1. The van der Waals surface area contributed by atoms with Crippen molar-refractivity contribution in [1.82, 2.24) is 4.98 Å². The van der Waals surface area contributed by atoms with Crippen LogP contribution in [0.1, 0.15) is 35.2 Å². The number of thiazole rings is 1. The summed E-state index contributed by atoms with van der Waals surface area (Å²) in [4.78, 5) is 32.7. The Bertz CT molecular complexity index is 1460. The molecular formula is C27H21BrN2O3S. The molecule has 4 aromatic rings. The SMILES string of the molecule is CCc1ccc2nc(N3C(=O)C(=O)C(=C(O)c4ccc(C)cc4)[C@H]3c3ccc(Br)cc3)sc2c1. The summed E-state index contributed by atoms with van der Waals surface area (Å²) in [6, 6.07) is 19.8. The average Bonchev–Trinajstić information content (AvgIpc) is 3.37. The van der Waals surface area contributed by atoms with Gasteiger partial charge in [0.2, 0.25) is 0 Å². The number of benzene rings is 3. The van der Waals surface area contributed by atoms with Crippen molar-refractivity contribution in [2.24, 2.45) is 0 Å². The zero-order valence-corrected chi connectivity index (χ0v) is 21.0.